The highest BCUT2D eigenvalue weighted by Gasteiger charge is 1.90. The predicted molar refractivity (Wildman–Crippen MR) is 49.7 cm³/mol. The van der Waals surface area contributed by atoms with Gasteiger partial charge in [-0.3, -0.25) is 0 Å². The van der Waals surface area contributed by atoms with E-state index in [-0.39, 0.29) is 13.2 Å². The summed E-state index contributed by atoms with van der Waals surface area (Å²) in [4.78, 5) is 0. The van der Waals surface area contributed by atoms with Gasteiger partial charge in [-0.25, -0.2) is 0 Å². The van der Waals surface area contributed by atoms with Crippen molar-refractivity contribution in [1.29, 1.82) is 0 Å². The molecule has 0 aliphatic carbocycles. The monoisotopic (exact) mass is 192 g/mol. The Morgan fingerprint density at radius 1 is 0.615 bits per heavy atom. The van der Waals surface area contributed by atoms with Crippen LogP contribution < -0.4 is 0 Å². The second-order valence-electron chi connectivity index (χ2n) is 2.73. The maximum Gasteiger partial charge on any atom is 0.0701 e. The fourth-order valence-corrected chi connectivity index (χ4v) is 0.879. The molecule has 0 bridgehead atoms. The van der Waals surface area contributed by atoms with Gasteiger partial charge in [0.1, 0.15) is 0 Å². The van der Waals surface area contributed by atoms with Crippen molar-refractivity contribution in [2.45, 2.75) is 19.3 Å². The third kappa shape index (κ3) is 11.8. The molecular weight excluding hydrogens is 172 g/mol. The van der Waals surface area contributed by atoms with Gasteiger partial charge in [0.2, 0.25) is 0 Å². The van der Waals surface area contributed by atoms with Crippen LogP contribution >= 0.6 is 0 Å². The second-order valence-corrected chi connectivity index (χ2v) is 2.73. The smallest absolute Gasteiger partial charge is 0.0701 e. The van der Waals surface area contributed by atoms with Crippen LogP contribution in [0.1, 0.15) is 19.3 Å². The van der Waals surface area contributed by atoms with Crippen LogP contribution in [-0.2, 0) is 9.47 Å². The van der Waals surface area contributed by atoms with Gasteiger partial charge in [0.25, 0.3) is 0 Å². The largest absolute Gasteiger partial charge is 0.396 e. The molecule has 13 heavy (non-hydrogen) atoms. The molecule has 0 saturated carbocycles. The zero-order valence-corrected chi connectivity index (χ0v) is 8.07. The molecule has 0 radical (unpaired) electrons. The van der Waals surface area contributed by atoms with Gasteiger partial charge >= 0.3 is 0 Å². The highest BCUT2D eigenvalue weighted by atomic mass is 16.5. The quantitative estimate of drug-likeness (QED) is 0.485. The first-order valence-electron chi connectivity index (χ1n) is 4.79. The van der Waals surface area contributed by atoms with Gasteiger partial charge < -0.3 is 19.7 Å². The molecule has 0 aromatic rings. The van der Waals surface area contributed by atoms with Gasteiger partial charge in [0.15, 0.2) is 0 Å². The van der Waals surface area contributed by atoms with E-state index >= 15 is 0 Å². The molecule has 0 amide bonds. The number of ether oxygens (including phenoxy) is 2. The first kappa shape index (κ1) is 12.8. The zero-order valence-electron chi connectivity index (χ0n) is 8.07. The number of hydrogen-bond acceptors (Lipinski definition) is 4. The molecule has 0 aliphatic heterocycles. The van der Waals surface area contributed by atoms with Gasteiger partial charge in [0, 0.05) is 13.2 Å². The lowest BCUT2D eigenvalue weighted by Gasteiger charge is -2.04. The van der Waals surface area contributed by atoms with E-state index in [4.69, 9.17) is 19.7 Å². The number of unbranched alkanes of at least 4 members (excludes halogenated alkanes) is 2. The lowest BCUT2D eigenvalue weighted by molar-refractivity contribution is 0.0319. The normalized spacial score (nSPS) is 10.6. The van der Waals surface area contributed by atoms with Gasteiger partial charge in [-0.1, -0.05) is 0 Å². The Labute approximate surface area is 79.5 Å². The van der Waals surface area contributed by atoms with Crippen LogP contribution in [0.15, 0.2) is 0 Å². The number of aliphatic hydroxyl groups excluding tert-OH is 2. The van der Waals surface area contributed by atoms with Crippen molar-refractivity contribution >= 4 is 0 Å². The van der Waals surface area contributed by atoms with Gasteiger partial charge in [-0.05, 0) is 19.3 Å². The van der Waals surface area contributed by atoms with Crippen molar-refractivity contribution in [3.05, 3.63) is 0 Å². The molecule has 2 N–H and O–H groups in total. The van der Waals surface area contributed by atoms with E-state index in [1.807, 2.05) is 0 Å². The number of aliphatic hydroxyl groups is 2. The summed E-state index contributed by atoms with van der Waals surface area (Å²) in [6, 6.07) is 0. The van der Waals surface area contributed by atoms with Crippen molar-refractivity contribution in [3.8, 4) is 0 Å². The van der Waals surface area contributed by atoms with Crippen LogP contribution in [0, 0.1) is 0 Å². The van der Waals surface area contributed by atoms with Crippen LogP contribution in [0.4, 0.5) is 0 Å². The van der Waals surface area contributed by atoms with E-state index in [9.17, 15) is 0 Å². The minimum absolute atomic E-state index is 0.0660. The van der Waals surface area contributed by atoms with Gasteiger partial charge in [-0.2, -0.15) is 0 Å². The molecule has 0 unspecified atom stereocenters. The van der Waals surface area contributed by atoms with Crippen LogP contribution in [0.3, 0.4) is 0 Å². The standard InChI is InChI=1S/C9H20O4/c10-4-2-1-3-6-12-8-9-13-7-5-11/h10-11H,1-9H2. The summed E-state index contributed by atoms with van der Waals surface area (Å²) in [5.41, 5.74) is 0. The molecule has 0 saturated heterocycles. The lowest BCUT2D eigenvalue weighted by Crippen LogP contribution is -2.07. The molecule has 0 aliphatic rings. The highest BCUT2D eigenvalue weighted by molar-refractivity contribution is 4.39. The summed E-state index contributed by atoms with van der Waals surface area (Å²) in [6.07, 6.45) is 2.85. The predicted octanol–water partition coefficient (Wildman–Crippen LogP) is 0.174. The van der Waals surface area contributed by atoms with E-state index in [1.54, 1.807) is 0 Å². The average molecular weight is 192 g/mol. The summed E-state index contributed by atoms with van der Waals surface area (Å²) in [5, 5.41) is 16.9. The fourth-order valence-electron chi connectivity index (χ4n) is 0.879. The summed E-state index contributed by atoms with van der Waals surface area (Å²) < 4.78 is 10.2. The summed E-state index contributed by atoms with van der Waals surface area (Å²) in [6.45, 7) is 2.56. The molecule has 0 fully saturated rings. The molecule has 0 heterocycles. The van der Waals surface area contributed by atoms with Crippen LogP contribution in [0.25, 0.3) is 0 Å². The van der Waals surface area contributed by atoms with Crippen molar-refractivity contribution in [3.63, 3.8) is 0 Å². The number of hydrogen-bond donors (Lipinski definition) is 2. The Morgan fingerprint density at radius 3 is 1.92 bits per heavy atom. The molecule has 4 heteroatoms. The topological polar surface area (TPSA) is 58.9 Å². The Bertz CT molecular complexity index is 77.7. The Kier molecular flexibility index (Phi) is 11.7. The van der Waals surface area contributed by atoms with Gasteiger partial charge in [-0.15, -0.1) is 0 Å². The minimum atomic E-state index is 0.0660. The second kappa shape index (κ2) is 11.8. The van der Waals surface area contributed by atoms with Gasteiger partial charge in [0.05, 0.1) is 26.4 Å². The summed E-state index contributed by atoms with van der Waals surface area (Å²) in [7, 11) is 0. The number of rotatable bonds is 10. The lowest BCUT2D eigenvalue weighted by atomic mass is 10.2. The van der Waals surface area contributed by atoms with E-state index < -0.39 is 0 Å². The fraction of sp³-hybridized carbons (Fsp3) is 1.00. The third-order valence-electron chi connectivity index (χ3n) is 1.55. The molecule has 0 spiro atoms. The summed E-state index contributed by atoms with van der Waals surface area (Å²) >= 11 is 0. The SMILES string of the molecule is OCCCCCOCCOCCO. The first-order chi connectivity index (χ1) is 6.41. The van der Waals surface area contributed by atoms with Crippen LogP contribution in [0.5, 0.6) is 0 Å². The Morgan fingerprint density at radius 2 is 1.31 bits per heavy atom. The van der Waals surface area contributed by atoms with Crippen molar-refractivity contribution in [1.82, 2.24) is 0 Å². The Balaban J connectivity index is 2.76. The molecule has 0 aromatic carbocycles. The minimum Gasteiger partial charge on any atom is -0.396 e. The van der Waals surface area contributed by atoms with E-state index in [0.29, 0.717) is 19.8 Å². The molecule has 80 valence electrons. The first-order valence-corrected chi connectivity index (χ1v) is 4.79. The maximum absolute atomic E-state index is 8.48. The van der Waals surface area contributed by atoms with Crippen molar-refractivity contribution in [2.24, 2.45) is 0 Å². The van der Waals surface area contributed by atoms with Crippen LogP contribution in [0.2, 0.25) is 0 Å². The van der Waals surface area contributed by atoms with E-state index in [1.165, 1.54) is 0 Å². The molecule has 0 aromatic heterocycles. The summed E-state index contributed by atoms with van der Waals surface area (Å²) in [5.74, 6) is 0. The zero-order chi connectivity index (χ0) is 9.78. The van der Waals surface area contributed by atoms with Crippen LogP contribution in [-0.4, -0.2) is 49.9 Å². The van der Waals surface area contributed by atoms with Crippen molar-refractivity contribution < 1.29 is 19.7 Å². The Hall–Kier alpha value is -0.160. The molecular formula is C9H20O4. The van der Waals surface area contributed by atoms with E-state index in [2.05, 4.69) is 0 Å². The average Bonchev–Trinajstić information content (AvgIpc) is 2.16. The van der Waals surface area contributed by atoms with Crippen molar-refractivity contribution in [2.75, 3.05) is 39.6 Å². The van der Waals surface area contributed by atoms with E-state index in [0.717, 1.165) is 25.9 Å². The molecule has 0 rings (SSSR count). The molecule has 4 nitrogen and oxygen atoms in total. The highest BCUT2D eigenvalue weighted by Crippen LogP contribution is 1.94. The third-order valence-corrected chi connectivity index (χ3v) is 1.55. The maximum atomic E-state index is 8.48. The molecule has 0 atom stereocenters.